The maximum atomic E-state index is 12.9. The van der Waals surface area contributed by atoms with Crippen LogP contribution in [-0.4, -0.2) is 75.4 Å². The highest BCUT2D eigenvalue weighted by molar-refractivity contribution is 14.1. The summed E-state index contributed by atoms with van der Waals surface area (Å²) in [5.41, 5.74) is 23.2. The zero-order valence-electron chi connectivity index (χ0n) is 52.8. The molecule has 15 rings (SSSR count). The van der Waals surface area contributed by atoms with Crippen molar-refractivity contribution in [2.75, 3.05) is 34.0 Å². The molecule has 3 atom stereocenters. The summed E-state index contributed by atoms with van der Waals surface area (Å²) >= 11 is 2.46. The number of carbonyl (C=O) groups is 3. The summed E-state index contributed by atoms with van der Waals surface area (Å²) in [5, 5.41) is 10.1. The third-order valence-corrected chi connectivity index (χ3v) is 20.0. The second kappa shape index (κ2) is 26.2. The van der Waals surface area contributed by atoms with Gasteiger partial charge in [0.15, 0.2) is 18.3 Å². The van der Waals surface area contributed by atoms with Crippen LogP contribution in [0, 0.1) is 38.2 Å². The number of aryl methyl sites for hydroxylation is 8. The molecule has 0 radical (unpaired) electrons. The highest BCUT2D eigenvalue weighted by Gasteiger charge is 2.42. The predicted octanol–water partition coefficient (Wildman–Crippen LogP) is 16.9. The summed E-state index contributed by atoms with van der Waals surface area (Å²) in [6.07, 6.45) is 17.4. The lowest BCUT2D eigenvalue weighted by molar-refractivity contribution is -0.156. The minimum Gasteiger partial charge on any atom is -0.493 e. The minimum atomic E-state index is -0.914. The Balaban J connectivity index is 0.000000123. The van der Waals surface area contributed by atoms with Crippen LogP contribution in [0.1, 0.15) is 210 Å². The van der Waals surface area contributed by atoms with E-state index in [1.165, 1.54) is 112 Å². The largest absolute Gasteiger partial charge is 0.493 e. The van der Waals surface area contributed by atoms with Gasteiger partial charge in [0, 0.05) is 20.3 Å². The summed E-state index contributed by atoms with van der Waals surface area (Å²) < 4.78 is 47.7. The number of benzene rings is 6. The molecule has 9 aliphatic rings. The van der Waals surface area contributed by atoms with Crippen molar-refractivity contribution in [1.29, 1.82) is 0 Å². The van der Waals surface area contributed by atoms with Crippen LogP contribution in [0.25, 0.3) is 33.4 Å². The van der Waals surface area contributed by atoms with Crippen molar-refractivity contribution < 1.29 is 57.4 Å². The summed E-state index contributed by atoms with van der Waals surface area (Å²) in [5.74, 6) is 3.06. The van der Waals surface area contributed by atoms with E-state index in [0.29, 0.717) is 17.8 Å². The minimum absolute atomic E-state index is 0.0750. The Bertz CT molecular complexity index is 3550. The van der Waals surface area contributed by atoms with Crippen LogP contribution < -0.4 is 14.2 Å². The lowest BCUT2D eigenvalue weighted by atomic mass is 9.83. The molecule has 0 bridgehead atoms. The average Bonchev–Trinajstić information content (AvgIpc) is 2.13. The van der Waals surface area contributed by atoms with Crippen LogP contribution in [0.5, 0.6) is 17.2 Å². The quantitative estimate of drug-likeness (QED) is 0.0646. The maximum absolute atomic E-state index is 12.9. The van der Waals surface area contributed by atoms with Gasteiger partial charge < -0.3 is 43.0 Å². The number of hydrogen-bond acceptors (Lipinski definition) is 11. The number of methoxy groups -OCH3 is 2. The fourth-order valence-corrected chi connectivity index (χ4v) is 15.2. The number of halogens is 1. The van der Waals surface area contributed by atoms with Crippen molar-refractivity contribution in [1.82, 2.24) is 0 Å². The van der Waals surface area contributed by atoms with Gasteiger partial charge in [0.2, 0.25) is 0 Å². The van der Waals surface area contributed by atoms with Gasteiger partial charge in [-0.2, -0.15) is 0 Å². The highest BCUT2D eigenvalue weighted by atomic mass is 127. The fourth-order valence-electron chi connectivity index (χ4n) is 14.0. The van der Waals surface area contributed by atoms with E-state index >= 15 is 0 Å². The number of carboxylic acid groups (broad SMARTS) is 1. The van der Waals surface area contributed by atoms with Gasteiger partial charge in [-0.15, -0.1) is 0 Å². The third kappa shape index (κ3) is 13.6. The second-order valence-corrected chi connectivity index (χ2v) is 27.6. The number of fused-ring (bicyclic) bond motifs is 3. The molecule has 468 valence electrons. The Morgan fingerprint density at radius 1 is 0.438 bits per heavy atom. The Hall–Kier alpha value is -6.26. The smallest absolute Gasteiger partial charge is 0.339 e. The van der Waals surface area contributed by atoms with Crippen LogP contribution in [0.15, 0.2) is 72.8 Å². The molecule has 0 aromatic heterocycles. The molecule has 12 nitrogen and oxygen atoms in total. The summed E-state index contributed by atoms with van der Waals surface area (Å²) in [4.78, 5) is 38.0. The van der Waals surface area contributed by atoms with Crippen LogP contribution in [0.3, 0.4) is 0 Å². The molecular weight excluding hydrogens is 1230 g/mol. The zero-order valence-corrected chi connectivity index (χ0v) is 54.9. The van der Waals surface area contributed by atoms with Gasteiger partial charge in [0.1, 0.15) is 17.2 Å². The van der Waals surface area contributed by atoms with Gasteiger partial charge in [0.05, 0.1) is 52.4 Å². The van der Waals surface area contributed by atoms with Gasteiger partial charge in [0.25, 0.3) is 0 Å². The standard InChI is InChI=1S/C26H30O4.C25H27IO4.C25H28O4/c1-15-13-16(2)23(25(26(27)28-3)30-20-9-10-20)24(22(15)17-6-7-17)19-8-11-21-18(14-19)5-4-12-29-21;1-14-12-19(26)22(15-5-6-15)23(17-7-10-20-16(13-17)4-3-11-29-20)21(14)24(25(27)28-2)30-18-8-9-18;1-14-12-15(2)22(24(25(26)27)29-19-8-9-19)23(21(14)16-5-6-16)18-7-10-20-17(13-18)4-3-11-28-20/h8,11,13-14,17,20,25H,4-7,9-10,12H2,1-3H3;7,10,12-13,15,18,24H,3-6,8-9,11H2,1-2H3;7,10,12-13,16,19,24H,3-6,8-9,11H2,1-2H3,(H,26,27). The van der Waals surface area contributed by atoms with Gasteiger partial charge in [-0.05, 0) is 328 Å². The molecule has 6 saturated carbocycles. The average molecular weight is 1320 g/mol. The van der Waals surface area contributed by atoms with Crippen LogP contribution in [0.2, 0.25) is 0 Å². The topological polar surface area (TPSA) is 145 Å². The lowest BCUT2D eigenvalue weighted by Crippen LogP contribution is -2.21. The highest BCUT2D eigenvalue weighted by Crippen LogP contribution is 2.54. The lowest BCUT2D eigenvalue weighted by Gasteiger charge is -2.26. The molecular formula is C76H85IO12. The Morgan fingerprint density at radius 3 is 1.10 bits per heavy atom. The molecule has 6 aromatic rings. The fraction of sp³-hybridized carbons (Fsp3) is 0.487. The predicted molar refractivity (Wildman–Crippen MR) is 352 cm³/mol. The first-order chi connectivity index (χ1) is 43.2. The first kappa shape index (κ1) is 61.6. The molecule has 13 heteroatoms. The van der Waals surface area contributed by atoms with Gasteiger partial charge in [-0.25, -0.2) is 14.4 Å². The van der Waals surface area contributed by atoms with E-state index in [2.05, 4.69) is 123 Å². The summed E-state index contributed by atoms with van der Waals surface area (Å²) in [7, 11) is 2.90. The van der Waals surface area contributed by atoms with Crippen molar-refractivity contribution >= 4 is 40.5 Å². The first-order valence-corrected chi connectivity index (χ1v) is 34.0. The van der Waals surface area contributed by atoms with Crippen LogP contribution >= 0.6 is 22.6 Å². The number of ether oxygens (including phenoxy) is 8. The van der Waals surface area contributed by atoms with E-state index in [9.17, 15) is 19.5 Å². The molecule has 0 saturated heterocycles. The van der Waals surface area contributed by atoms with Crippen molar-refractivity contribution in [2.24, 2.45) is 0 Å². The van der Waals surface area contributed by atoms with Crippen LogP contribution in [-0.2, 0) is 57.3 Å². The molecule has 0 amide bonds. The molecule has 3 heterocycles. The normalized spacial score (nSPS) is 19.1. The Labute approximate surface area is 538 Å². The molecule has 89 heavy (non-hydrogen) atoms. The number of carbonyl (C=O) groups excluding carboxylic acids is 2. The van der Waals surface area contributed by atoms with Crippen molar-refractivity contribution in [3.05, 3.63) is 154 Å². The molecule has 0 spiro atoms. The second-order valence-electron chi connectivity index (χ2n) is 26.5. The maximum Gasteiger partial charge on any atom is 0.339 e. The Kier molecular flexibility index (Phi) is 18.1. The van der Waals surface area contributed by atoms with E-state index in [1.807, 2.05) is 6.92 Å². The van der Waals surface area contributed by atoms with Gasteiger partial charge in [-0.1, -0.05) is 30.3 Å². The summed E-state index contributed by atoms with van der Waals surface area (Å²) in [6, 6.07) is 26.0. The molecule has 6 aromatic carbocycles. The number of rotatable bonds is 18. The first-order valence-electron chi connectivity index (χ1n) is 32.9. The molecule has 3 aliphatic heterocycles. The monoisotopic (exact) mass is 1320 g/mol. The van der Waals surface area contributed by atoms with E-state index in [-0.39, 0.29) is 30.3 Å². The molecule has 3 unspecified atom stereocenters. The van der Waals surface area contributed by atoms with Crippen LogP contribution in [0.4, 0.5) is 0 Å². The number of aliphatic carboxylic acids is 1. The number of hydrogen-bond donors (Lipinski definition) is 1. The summed E-state index contributed by atoms with van der Waals surface area (Å²) in [6.45, 7) is 12.9. The van der Waals surface area contributed by atoms with Gasteiger partial charge in [-0.3, -0.25) is 0 Å². The SMILES string of the molecule is COC(=O)C(OC1CC1)c1c(C)cc(C)c(C2CC2)c1-c1ccc2c(c1)CCCO2.COC(=O)C(OC1CC1)c1c(C)cc(I)c(C2CC2)c1-c1ccc2c(c1)CCCO2.Cc1cc(C)c(C(OC2CC2)C(=O)O)c(-c2ccc3c(c2)CCCO3)c1C1CC1. The van der Waals surface area contributed by atoms with Crippen molar-refractivity contribution in [2.45, 2.75) is 205 Å². The number of carboxylic acids is 1. The third-order valence-electron chi connectivity index (χ3n) is 19.2. The van der Waals surface area contributed by atoms with E-state index in [0.717, 1.165) is 170 Å². The van der Waals surface area contributed by atoms with E-state index < -0.39 is 24.3 Å². The van der Waals surface area contributed by atoms with E-state index in [4.69, 9.17) is 37.9 Å². The van der Waals surface area contributed by atoms with Crippen molar-refractivity contribution in [3.8, 4) is 50.6 Å². The Morgan fingerprint density at radius 2 is 0.764 bits per heavy atom. The number of esters is 2. The van der Waals surface area contributed by atoms with Gasteiger partial charge >= 0.3 is 17.9 Å². The molecule has 6 aliphatic carbocycles. The molecule has 1 N–H and O–H groups in total. The molecule has 6 fully saturated rings. The van der Waals surface area contributed by atoms with Crippen molar-refractivity contribution in [3.63, 3.8) is 0 Å². The zero-order chi connectivity index (χ0) is 61.8. The van der Waals surface area contributed by atoms with E-state index in [1.54, 1.807) is 0 Å².